The molecule has 0 saturated heterocycles. The van der Waals surface area contributed by atoms with Gasteiger partial charge in [-0.15, -0.1) is 0 Å². The largest absolute Gasteiger partial charge is 1.00 e. The van der Waals surface area contributed by atoms with Crippen LogP contribution >= 0.6 is 12.2 Å². The van der Waals surface area contributed by atoms with E-state index in [9.17, 15) is 5.11 Å². The first-order valence-corrected chi connectivity index (χ1v) is 2.98. The molecule has 0 amide bonds. The molecule has 0 fully saturated rings. The third-order valence-electron chi connectivity index (χ3n) is 0.834. The van der Waals surface area contributed by atoms with Gasteiger partial charge in [-0.3, -0.25) is 0 Å². The second-order valence-corrected chi connectivity index (χ2v) is 2.03. The van der Waals surface area contributed by atoms with Crippen molar-refractivity contribution in [2.45, 2.75) is 25.9 Å². The van der Waals surface area contributed by atoms with Crippen LogP contribution in [0.25, 0.3) is 0 Å². The molecule has 2 nitrogen and oxygen atoms in total. The van der Waals surface area contributed by atoms with Gasteiger partial charge in [0.1, 0.15) is 0 Å². The standard InChI is InChI=1S/C5H10O2S.K/c1-2-3-4(6)5(7)8;/h4,6H,2-3H2,1H3,(H,7,8);/q;+1/p-1. The minimum absolute atomic E-state index is 0. The predicted octanol–water partition coefficient (Wildman–Crippen LogP) is -3.16. The summed E-state index contributed by atoms with van der Waals surface area (Å²) in [5.74, 6) is 0. The Balaban J connectivity index is 0. The maximum atomic E-state index is 10.1. The van der Waals surface area contributed by atoms with Crippen molar-refractivity contribution in [1.29, 1.82) is 0 Å². The van der Waals surface area contributed by atoms with Crippen LogP contribution in [0, 0.1) is 0 Å². The fourth-order valence-electron chi connectivity index (χ4n) is 0.391. The monoisotopic (exact) mass is 172 g/mol. The maximum Gasteiger partial charge on any atom is 1.00 e. The van der Waals surface area contributed by atoms with Gasteiger partial charge in [0.15, 0.2) is 0 Å². The van der Waals surface area contributed by atoms with Crippen LogP contribution in [0.2, 0.25) is 0 Å². The van der Waals surface area contributed by atoms with Crippen molar-refractivity contribution in [3.63, 3.8) is 0 Å². The second-order valence-electron chi connectivity index (χ2n) is 1.62. The Labute approximate surface area is 103 Å². The van der Waals surface area contributed by atoms with Gasteiger partial charge in [-0.25, -0.2) is 0 Å². The van der Waals surface area contributed by atoms with E-state index in [1.165, 1.54) is 0 Å². The molecule has 4 heteroatoms. The molecule has 0 aromatic heterocycles. The van der Waals surface area contributed by atoms with Gasteiger partial charge in [-0.1, -0.05) is 25.6 Å². The Kier molecular flexibility index (Phi) is 11.1. The predicted molar refractivity (Wildman–Crippen MR) is 33.5 cm³/mol. The first kappa shape index (κ1) is 13.1. The van der Waals surface area contributed by atoms with Crippen LogP contribution in [0.5, 0.6) is 0 Å². The molecule has 48 valence electrons. The van der Waals surface area contributed by atoms with Crippen molar-refractivity contribution in [3.05, 3.63) is 0 Å². The zero-order chi connectivity index (χ0) is 6.57. The average molecular weight is 172 g/mol. The summed E-state index contributed by atoms with van der Waals surface area (Å²) in [6.45, 7) is 1.89. The summed E-state index contributed by atoms with van der Waals surface area (Å²) in [7, 11) is 0. The van der Waals surface area contributed by atoms with Gasteiger partial charge in [0, 0.05) is 0 Å². The summed E-state index contributed by atoms with van der Waals surface area (Å²) in [5, 5.41) is 18.2. The van der Waals surface area contributed by atoms with Gasteiger partial charge < -0.3 is 10.2 Å². The molecule has 1 atom stereocenters. The number of hydrogen-bond acceptors (Lipinski definition) is 3. The van der Waals surface area contributed by atoms with E-state index >= 15 is 0 Å². The molecule has 1 unspecified atom stereocenters. The third-order valence-corrected chi connectivity index (χ3v) is 1.11. The molecular weight excluding hydrogens is 163 g/mol. The quantitative estimate of drug-likeness (QED) is 0.361. The van der Waals surface area contributed by atoms with Crippen molar-refractivity contribution < 1.29 is 61.6 Å². The van der Waals surface area contributed by atoms with Crippen LogP contribution in [0.3, 0.4) is 0 Å². The third kappa shape index (κ3) is 7.38. The molecule has 0 heterocycles. The smallest absolute Gasteiger partial charge is 0.866 e. The molecule has 0 bridgehead atoms. The van der Waals surface area contributed by atoms with Crippen molar-refractivity contribution >= 4 is 17.3 Å². The van der Waals surface area contributed by atoms with Crippen LogP contribution in [0.15, 0.2) is 0 Å². The van der Waals surface area contributed by atoms with Crippen molar-refractivity contribution in [2.24, 2.45) is 0 Å². The fraction of sp³-hybridized carbons (Fsp3) is 0.800. The molecule has 0 aromatic carbocycles. The van der Waals surface area contributed by atoms with Gasteiger partial charge in [-0.05, 0) is 11.5 Å². The van der Waals surface area contributed by atoms with Crippen LogP contribution in [0.1, 0.15) is 19.8 Å². The van der Waals surface area contributed by atoms with E-state index in [1.807, 2.05) is 6.92 Å². The zero-order valence-corrected chi connectivity index (χ0v) is 9.69. The number of rotatable bonds is 3. The van der Waals surface area contributed by atoms with E-state index < -0.39 is 11.2 Å². The summed E-state index contributed by atoms with van der Waals surface area (Å²) in [6.07, 6.45) is 0.376. The Morgan fingerprint density at radius 1 is 1.78 bits per heavy atom. The van der Waals surface area contributed by atoms with Crippen LogP contribution in [0.4, 0.5) is 0 Å². The Morgan fingerprint density at radius 3 is 2.33 bits per heavy atom. The summed E-state index contributed by atoms with van der Waals surface area (Å²) in [6, 6.07) is 0. The second kappa shape index (κ2) is 7.59. The first-order chi connectivity index (χ1) is 3.68. The summed E-state index contributed by atoms with van der Waals surface area (Å²) < 4.78 is 0. The Morgan fingerprint density at radius 2 is 2.22 bits per heavy atom. The number of hydrogen-bond donors (Lipinski definition) is 1. The average Bonchev–Trinajstić information content (AvgIpc) is 1.67. The molecule has 0 radical (unpaired) electrons. The van der Waals surface area contributed by atoms with E-state index in [0.717, 1.165) is 6.42 Å². The maximum absolute atomic E-state index is 10.1. The summed E-state index contributed by atoms with van der Waals surface area (Å²) in [4.78, 5) is 0. The molecule has 0 aliphatic carbocycles. The molecule has 0 saturated carbocycles. The summed E-state index contributed by atoms with van der Waals surface area (Å²) in [5.41, 5.74) is 0. The summed E-state index contributed by atoms with van der Waals surface area (Å²) >= 11 is 4.18. The molecule has 0 aliphatic rings. The van der Waals surface area contributed by atoms with Crippen molar-refractivity contribution in [3.8, 4) is 0 Å². The number of aliphatic hydroxyl groups excluding tert-OH is 1. The molecule has 1 N–H and O–H groups in total. The van der Waals surface area contributed by atoms with E-state index in [1.54, 1.807) is 0 Å². The van der Waals surface area contributed by atoms with Gasteiger partial charge in [0.05, 0.1) is 6.10 Å². The van der Waals surface area contributed by atoms with Crippen molar-refractivity contribution in [1.82, 2.24) is 0 Å². The SMILES string of the molecule is CCCC(O)C([O-])=S.[K+]. The van der Waals surface area contributed by atoms with E-state index in [2.05, 4.69) is 12.2 Å². The normalized spacial score (nSPS) is 11.8. The first-order valence-electron chi connectivity index (χ1n) is 2.57. The van der Waals surface area contributed by atoms with E-state index in [0.29, 0.717) is 6.42 Å². The van der Waals surface area contributed by atoms with Crippen LogP contribution in [-0.4, -0.2) is 16.3 Å². The van der Waals surface area contributed by atoms with Crippen LogP contribution in [-0.2, 0) is 0 Å². The fourth-order valence-corrected chi connectivity index (χ4v) is 0.509. The molecule has 0 aromatic rings. The molecule has 0 aliphatic heterocycles. The van der Waals surface area contributed by atoms with Crippen LogP contribution < -0.4 is 56.5 Å². The van der Waals surface area contributed by atoms with Gasteiger partial charge >= 0.3 is 51.4 Å². The molecule has 0 rings (SSSR count). The molecular formula is C5H9KO2S. The number of thiocarbonyl (C=S) groups is 1. The van der Waals surface area contributed by atoms with E-state index in [-0.39, 0.29) is 51.4 Å². The van der Waals surface area contributed by atoms with Gasteiger partial charge in [0.2, 0.25) is 0 Å². The van der Waals surface area contributed by atoms with E-state index in [4.69, 9.17) is 5.11 Å². The molecule has 9 heavy (non-hydrogen) atoms. The topological polar surface area (TPSA) is 43.3 Å². The van der Waals surface area contributed by atoms with Crippen molar-refractivity contribution in [2.75, 3.05) is 0 Å². The van der Waals surface area contributed by atoms with Gasteiger partial charge in [0.25, 0.3) is 0 Å². The van der Waals surface area contributed by atoms with Gasteiger partial charge in [-0.2, -0.15) is 0 Å². The molecule has 0 spiro atoms. The number of aliphatic hydroxyl groups is 1. The minimum atomic E-state index is -0.907. The zero-order valence-electron chi connectivity index (χ0n) is 5.76. The minimum Gasteiger partial charge on any atom is -0.866 e. The Hall–Kier alpha value is 1.49. The Bertz CT molecular complexity index is 87.0.